The number of nitrogen functional groups attached to an aromatic ring is 1. The van der Waals surface area contributed by atoms with Crippen molar-refractivity contribution in [1.82, 2.24) is 29.7 Å². The van der Waals surface area contributed by atoms with Gasteiger partial charge < -0.3 is 16.4 Å². The number of carbonyl (C=O) groups is 1. The number of amides is 1. The minimum absolute atomic E-state index is 0.103. The molecular formula is C19H16FN9O. The van der Waals surface area contributed by atoms with Crippen molar-refractivity contribution in [3.05, 3.63) is 78.7 Å². The molecule has 0 saturated carbocycles. The standard InChI is InChI=1S/C19H16FN9O/c20-14-4-3-13(6-12(14)7-24-15-2-1-5-23-18(15)21)28-19(30)16-8-26-17(9-25-16)29-11-22-10-27-29/h1-6,8-11,24H,7H2,(H2,21,23)(H,28,30). The molecule has 0 aliphatic rings. The number of carbonyl (C=O) groups excluding carboxylic acids is 1. The lowest BCUT2D eigenvalue weighted by molar-refractivity contribution is 0.102. The average Bonchev–Trinajstić information content (AvgIpc) is 3.30. The molecule has 0 aliphatic heterocycles. The molecule has 0 atom stereocenters. The van der Waals surface area contributed by atoms with Crippen LogP contribution in [0.3, 0.4) is 0 Å². The first-order valence-corrected chi connectivity index (χ1v) is 8.81. The second-order valence-corrected chi connectivity index (χ2v) is 6.15. The van der Waals surface area contributed by atoms with Crippen molar-refractivity contribution in [3.8, 4) is 5.82 Å². The number of aromatic nitrogens is 6. The normalized spacial score (nSPS) is 10.6. The Morgan fingerprint density at radius 3 is 2.80 bits per heavy atom. The zero-order valence-corrected chi connectivity index (χ0v) is 15.5. The Kier molecular flexibility index (Phi) is 5.24. The smallest absolute Gasteiger partial charge is 0.275 e. The molecular weight excluding hydrogens is 389 g/mol. The zero-order valence-electron chi connectivity index (χ0n) is 15.5. The number of nitrogens with two attached hydrogens (primary N) is 1. The van der Waals surface area contributed by atoms with Crippen LogP contribution in [-0.2, 0) is 6.54 Å². The van der Waals surface area contributed by atoms with Crippen molar-refractivity contribution in [2.45, 2.75) is 6.54 Å². The molecule has 30 heavy (non-hydrogen) atoms. The third-order valence-corrected chi connectivity index (χ3v) is 4.14. The van der Waals surface area contributed by atoms with E-state index < -0.39 is 11.7 Å². The predicted octanol–water partition coefficient (Wildman–Crippen LogP) is 2.04. The number of nitrogens with zero attached hydrogens (tertiary/aromatic N) is 6. The van der Waals surface area contributed by atoms with Crippen molar-refractivity contribution < 1.29 is 9.18 Å². The Balaban J connectivity index is 1.44. The van der Waals surface area contributed by atoms with Crippen LogP contribution in [0.4, 0.5) is 21.6 Å². The topological polar surface area (TPSA) is 137 Å². The molecule has 0 spiro atoms. The number of anilines is 3. The number of hydrogen-bond donors (Lipinski definition) is 3. The molecule has 1 aromatic carbocycles. The summed E-state index contributed by atoms with van der Waals surface area (Å²) in [4.78, 5) is 28.5. The molecule has 0 saturated heterocycles. The van der Waals surface area contributed by atoms with Gasteiger partial charge in [0.05, 0.1) is 18.1 Å². The third-order valence-electron chi connectivity index (χ3n) is 4.14. The fourth-order valence-electron chi connectivity index (χ4n) is 2.62. The fraction of sp³-hybridized carbons (Fsp3) is 0.0526. The number of halogens is 1. The van der Waals surface area contributed by atoms with Gasteiger partial charge in [0.2, 0.25) is 0 Å². The van der Waals surface area contributed by atoms with Crippen molar-refractivity contribution in [2.24, 2.45) is 0 Å². The summed E-state index contributed by atoms with van der Waals surface area (Å²) in [7, 11) is 0. The van der Waals surface area contributed by atoms with Gasteiger partial charge in [0, 0.05) is 24.0 Å². The quantitative estimate of drug-likeness (QED) is 0.443. The number of nitrogens with one attached hydrogen (secondary N) is 2. The first-order valence-electron chi connectivity index (χ1n) is 8.81. The highest BCUT2D eigenvalue weighted by Crippen LogP contribution is 2.19. The van der Waals surface area contributed by atoms with E-state index in [0.717, 1.165) is 0 Å². The van der Waals surface area contributed by atoms with E-state index in [2.05, 4.69) is 35.7 Å². The van der Waals surface area contributed by atoms with Crippen LogP contribution in [0.15, 0.2) is 61.6 Å². The van der Waals surface area contributed by atoms with E-state index in [9.17, 15) is 9.18 Å². The van der Waals surface area contributed by atoms with Crippen LogP contribution in [0.5, 0.6) is 0 Å². The van der Waals surface area contributed by atoms with Crippen LogP contribution < -0.4 is 16.4 Å². The second-order valence-electron chi connectivity index (χ2n) is 6.15. The maximum atomic E-state index is 14.2. The highest BCUT2D eigenvalue weighted by Gasteiger charge is 2.11. The molecule has 0 aliphatic carbocycles. The van der Waals surface area contributed by atoms with E-state index in [0.29, 0.717) is 28.6 Å². The van der Waals surface area contributed by atoms with Crippen LogP contribution in [-0.4, -0.2) is 35.6 Å². The summed E-state index contributed by atoms with van der Waals surface area (Å²) in [5, 5.41) is 9.65. The Bertz CT molecular complexity index is 1160. The zero-order chi connectivity index (χ0) is 20.9. The van der Waals surface area contributed by atoms with E-state index in [-0.39, 0.29) is 12.2 Å². The van der Waals surface area contributed by atoms with Crippen LogP contribution in [0.25, 0.3) is 5.82 Å². The van der Waals surface area contributed by atoms with Gasteiger partial charge in [-0.05, 0) is 30.3 Å². The molecule has 4 rings (SSSR count). The van der Waals surface area contributed by atoms with Gasteiger partial charge >= 0.3 is 0 Å². The molecule has 3 aromatic heterocycles. The van der Waals surface area contributed by atoms with E-state index in [4.69, 9.17) is 5.73 Å². The monoisotopic (exact) mass is 405 g/mol. The first-order chi connectivity index (χ1) is 14.6. The van der Waals surface area contributed by atoms with Crippen molar-refractivity contribution in [2.75, 3.05) is 16.4 Å². The first kappa shape index (κ1) is 18.9. The Morgan fingerprint density at radius 1 is 1.17 bits per heavy atom. The van der Waals surface area contributed by atoms with Crippen LogP contribution in [0.1, 0.15) is 16.1 Å². The lowest BCUT2D eigenvalue weighted by atomic mass is 10.1. The van der Waals surface area contributed by atoms with Crippen LogP contribution in [0.2, 0.25) is 0 Å². The van der Waals surface area contributed by atoms with Gasteiger partial charge in [-0.2, -0.15) is 5.10 Å². The Hall–Kier alpha value is -4.41. The van der Waals surface area contributed by atoms with Crippen molar-refractivity contribution >= 4 is 23.1 Å². The van der Waals surface area contributed by atoms with E-state index in [1.54, 1.807) is 18.3 Å². The molecule has 0 unspecified atom stereocenters. The molecule has 11 heteroatoms. The molecule has 1 amide bonds. The van der Waals surface area contributed by atoms with E-state index in [1.165, 1.54) is 47.9 Å². The van der Waals surface area contributed by atoms with Gasteiger partial charge in [-0.15, -0.1) is 0 Å². The highest BCUT2D eigenvalue weighted by atomic mass is 19.1. The molecule has 4 N–H and O–H groups in total. The fourth-order valence-corrected chi connectivity index (χ4v) is 2.62. The van der Waals surface area contributed by atoms with Gasteiger partial charge in [-0.3, -0.25) is 4.79 Å². The third kappa shape index (κ3) is 4.19. The second kappa shape index (κ2) is 8.31. The molecule has 3 heterocycles. The van der Waals surface area contributed by atoms with Gasteiger partial charge in [-0.1, -0.05) is 0 Å². The number of hydrogen-bond acceptors (Lipinski definition) is 8. The SMILES string of the molecule is Nc1ncccc1NCc1cc(NC(=O)c2cnc(-n3cncn3)cn2)ccc1F. The van der Waals surface area contributed by atoms with Gasteiger partial charge in [-0.25, -0.2) is 29.0 Å². The molecule has 10 nitrogen and oxygen atoms in total. The van der Waals surface area contributed by atoms with Gasteiger partial charge in [0.15, 0.2) is 5.82 Å². The molecule has 150 valence electrons. The maximum absolute atomic E-state index is 14.2. The summed E-state index contributed by atoms with van der Waals surface area (Å²) in [5.41, 5.74) is 7.24. The van der Waals surface area contributed by atoms with E-state index >= 15 is 0 Å². The lowest BCUT2D eigenvalue weighted by Crippen LogP contribution is -2.15. The summed E-state index contributed by atoms with van der Waals surface area (Å²) >= 11 is 0. The van der Waals surface area contributed by atoms with Gasteiger partial charge in [0.25, 0.3) is 5.91 Å². The molecule has 4 aromatic rings. The summed E-state index contributed by atoms with van der Waals surface area (Å²) in [5.74, 6) is -0.154. The lowest BCUT2D eigenvalue weighted by Gasteiger charge is -2.11. The van der Waals surface area contributed by atoms with Gasteiger partial charge in [0.1, 0.15) is 30.0 Å². The minimum Gasteiger partial charge on any atom is -0.382 e. The summed E-state index contributed by atoms with van der Waals surface area (Å²) in [6.45, 7) is 0.165. The molecule has 0 bridgehead atoms. The number of benzene rings is 1. The Morgan fingerprint density at radius 2 is 2.07 bits per heavy atom. The predicted molar refractivity (Wildman–Crippen MR) is 107 cm³/mol. The number of rotatable bonds is 6. The van der Waals surface area contributed by atoms with Crippen molar-refractivity contribution in [1.29, 1.82) is 0 Å². The largest absolute Gasteiger partial charge is 0.382 e. The van der Waals surface area contributed by atoms with Crippen molar-refractivity contribution in [3.63, 3.8) is 0 Å². The average molecular weight is 405 g/mol. The van der Waals surface area contributed by atoms with Crippen LogP contribution in [0, 0.1) is 5.82 Å². The highest BCUT2D eigenvalue weighted by molar-refractivity contribution is 6.02. The number of pyridine rings is 1. The van der Waals surface area contributed by atoms with E-state index in [1.807, 2.05) is 0 Å². The maximum Gasteiger partial charge on any atom is 0.275 e. The molecule has 0 radical (unpaired) electrons. The summed E-state index contributed by atoms with van der Waals surface area (Å²) in [6, 6.07) is 7.74. The molecule has 0 fully saturated rings. The summed E-state index contributed by atoms with van der Waals surface area (Å²) < 4.78 is 15.6. The summed E-state index contributed by atoms with van der Waals surface area (Å²) in [6.07, 6.45) is 7.13. The van der Waals surface area contributed by atoms with Crippen LogP contribution >= 0.6 is 0 Å². The Labute approximate surface area is 170 Å². The minimum atomic E-state index is -0.477.